The molecule has 1 atom stereocenters. The maximum atomic E-state index is 12.5. The van der Waals surface area contributed by atoms with Crippen LogP contribution in [0.25, 0.3) is 17.4 Å². The van der Waals surface area contributed by atoms with Crippen molar-refractivity contribution in [2.45, 2.75) is 33.2 Å². The molecule has 8 heteroatoms. The van der Waals surface area contributed by atoms with Crippen LogP contribution in [0.3, 0.4) is 0 Å². The molecule has 0 bridgehead atoms. The molecule has 0 aliphatic carbocycles. The fraction of sp³-hybridized carbons (Fsp3) is 0.263. The summed E-state index contributed by atoms with van der Waals surface area (Å²) in [7, 11) is 0. The van der Waals surface area contributed by atoms with Crippen LogP contribution in [0.5, 0.6) is 0 Å². The van der Waals surface area contributed by atoms with Gasteiger partial charge in [-0.3, -0.25) is 24.6 Å². The third-order valence-electron chi connectivity index (χ3n) is 4.45. The molecule has 1 aliphatic heterocycles. The minimum absolute atomic E-state index is 0.0248. The minimum atomic E-state index is -0.461. The zero-order valence-corrected chi connectivity index (χ0v) is 15.9. The molecular weight excluding hydrogens is 368 g/mol. The molecule has 7 nitrogen and oxygen atoms in total. The Kier molecular flexibility index (Phi) is 5.18. The van der Waals surface area contributed by atoms with E-state index in [2.05, 4.69) is 0 Å². The molecule has 0 unspecified atom stereocenters. The van der Waals surface area contributed by atoms with Gasteiger partial charge in [0.1, 0.15) is 11.5 Å². The molecule has 0 spiro atoms. The number of nitro groups is 1. The second-order valence-corrected chi connectivity index (χ2v) is 7.26. The summed E-state index contributed by atoms with van der Waals surface area (Å²) < 4.78 is 5.76. The van der Waals surface area contributed by atoms with Gasteiger partial charge in [-0.15, -0.1) is 0 Å². The van der Waals surface area contributed by atoms with Crippen molar-refractivity contribution in [1.29, 1.82) is 0 Å². The van der Waals surface area contributed by atoms with Crippen LogP contribution >= 0.6 is 11.8 Å². The maximum Gasteiger partial charge on any atom is 0.293 e. The number of furan rings is 1. The van der Waals surface area contributed by atoms with Crippen LogP contribution in [0, 0.1) is 17.0 Å². The van der Waals surface area contributed by atoms with Crippen LogP contribution in [0.4, 0.5) is 10.5 Å². The van der Waals surface area contributed by atoms with E-state index in [4.69, 9.17) is 4.42 Å². The quantitative estimate of drug-likeness (QED) is 0.408. The molecule has 1 aromatic carbocycles. The van der Waals surface area contributed by atoms with Crippen molar-refractivity contribution in [1.82, 2.24) is 4.90 Å². The summed E-state index contributed by atoms with van der Waals surface area (Å²) in [5, 5.41) is 10.7. The summed E-state index contributed by atoms with van der Waals surface area (Å²) in [6.07, 6.45) is 2.21. The number of amides is 2. The molecular formula is C19H18N2O5S. The summed E-state index contributed by atoms with van der Waals surface area (Å²) in [6.45, 7) is 5.58. The number of benzene rings is 1. The van der Waals surface area contributed by atoms with Gasteiger partial charge in [-0.25, -0.2) is 0 Å². The number of carbonyl (C=O) groups excluding carboxylic acids is 2. The number of rotatable bonds is 5. The SMILES string of the molecule is CC[C@@H](C)N1C(=O)S/C(=C/c2ccc(-c3cc([N+](=O)[O-])ccc3C)o2)C1=O. The average Bonchev–Trinajstić information content (AvgIpc) is 3.19. The van der Waals surface area contributed by atoms with E-state index in [-0.39, 0.29) is 22.9 Å². The van der Waals surface area contributed by atoms with Gasteiger partial charge in [-0.1, -0.05) is 13.0 Å². The lowest BCUT2D eigenvalue weighted by Gasteiger charge is -2.19. The number of hydrogen-bond acceptors (Lipinski definition) is 6. The zero-order chi connectivity index (χ0) is 19.7. The summed E-state index contributed by atoms with van der Waals surface area (Å²) in [4.78, 5) is 36.7. The third-order valence-corrected chi connectivity index (χ3v) is 5.34. The van der Waals surface area contributed by atoms with E-state index in [1.54, 1.807) is 18.2 Å². The molecule has 0 radical (unpaired) electrons. The van der Waals surface area contributed by atoms with Gasteiger partial charge in [0.05, 0.1) is 9.83 Å². The maximum absolute atomic E-state index is 12.5. The van der Waals surface area contributed by atoms with Crippen LogP contribution in [0.15, 0.2) is 39.7 Å². The first kappa shape index (κ1) is 18.9. The molecule has 2 amide bonds. The Morgan fingerprint density at radius 3 is 2.70 bits per heavy atom. The first-order valence-corrected chi connectivity index (χ1v) is 9.25. The largest absolute Gasteiger partial charge is 0.457 e. The topological polar surface area (TPSA) is 93.7 Å². The van der Waals surface area contributed by atoms with Crippen LogP contribution in [-0.2, 0) is 4.79 Å². The van der Waals surface area contributed by atoms with E-state index in [9.17, 15) is 19.7 Å². The molecule has 0 N–H and O–H groups in total. The number of non-ortho nitro benzene ring substituents is 1. The smallest absolute Gasteiger partial charge is 0.293 e. The van der Waals surface area contributed by atoms with Gasteiger partial charge in [0.15, 0.2) is 0 Å². The Morgan fingerprint density at radius 2 is 2.04 bits per heavy atom. The number of nitro benzene ring substituents is 1. The van der Waals surface area contributed by atoms with Gasteiger partial charge in [0, 0.05) is 29.8 Å². The van der Waals surface area contributed by atoms with E-state index < -0.39 is 4.92 Å². The third kappa shape index (κ3) is 3.66. The van der Waals surface area contributed by atoms with Crippen molar-refractivity contribution in [3.05, 3.63) is 56.7 Å². The number of carbonyl (C=O) groups is 2. The van der Waals surface area contributed by atoms with Crippen molar-refractivity contribution in [3.8, 4) is 11.3 Å². The number of thioether (sulfide) groups is 1. The lowest BCUT2D eigenvalue weighted by molar-refractivity contribution is -0.384. The molecule has 2 heterocycles. The Hall–Kier alpha value is -2.87. The number of imide groups is 1. The highest BCUT2D eigenvalue weighted by Gasteiger charge is 2.37. The monoisotopic (exact) mass is 386 g/mol. The molecule has 1 aliphatic rings. The molecule has 140 valence electrons. The number of hydrogen-bond donors (Lipinski definition) is 0. The number of nitrogens with zero attached hydrogens (tertiary/aromatic N) is 2. The minimum Gasteiger partial charge on any atom is -0.457 e. The highest BCUT2D eigenvalue weighted by Crippen LogP contribution is 2.35. The molecule has 3 rings (SSSR count). The van der Waals surface area contributed by atoms with Crippen molar-refractivity contribution < 1.29 is 18.9 Å². The Bertz CT molecular complexity index is 963. The van der Waals surface area contributed by atoms with Gasteiger partial charge in [0.2, 0.25) is 0 Å². The van der Waals surface area contributed by atoms with Gasteiger partial charge in [-0.05, 0) is 49.7 Å². The van der Waals surface area contributed by atoms with Crippen LogP contribution in [0.2, 0.25) is 0 Å². The van der Waals surface area contributed by atoms with E-state index in [1.807, 2.05) is 20.8 Å². The fourth-order valence-corrected chi connectivity index (χ4v) is 3.65. The van der Waals surface area contributed by atoms with E-state index in [1.165, 1.54) is 23.1 Å². The molecule has 1 aromatic heterocycles. The summed E-state index contributed by atoms with van der Waals surface area (Å²) in [5.74, 6) is 0.540. The normalized spacial score (nSPS) is 17.0. The predicted molar refractivity (Wildman–Crippen MR) is 103 cm³/mol. The van der Waals surface area contributed by atoms with Crippen molar-refractivity contribution in [2.24, 2.45) is 0 Å². The second kappa shape index (κ2) is 7.40. The Morgan fingerprint density at radius 1 is 1.30 bits per heavy atom. The van der Waals surface area contributed by atoms with Crippen molar-refractivity contribution >= 4 is 34.7 Å². The zero-order valence-electron chi connectivity index (χ0n) is 15.1. The first-order valence-electron chi connectivity index (χ1n) is 8.44. The van der Waals surface area contributed by atoms with Crippen molar-refractivity contribution in [2.75, 3.05) is 0 Å². The van der Waals surface area contributed by atoms with Crippen LogP contribution < -0.4 is 0 Å². The molecule has 27 heavy (non-hydrogen) atoms. The van der Waals surface area contributed by atoms with Crippen molar-refractivity contribution in [3.63, 3.8) is 0 Å². The molecule has 1 saturated heterocycles. The standard InChI is InChI=1S/C19H18N2O5S/c1-4-12(3)20-18(22)17(27-19(20)23)10-14-7-8-16(26-14)15-9-13(21(24)25)6-5-11(15)2/h5-10,12H,4H2,1-3H3/b17-10+/t12-/m1/s1. The predicted octanol–water partition coefficient (Wildman–Crippen LogP) is 5.00. The first-order chi connectivity index (χ1) is 12.8. The second-order valence-electron chi connectivity index (χ2n) is 6.27. The number of aryl methyl sites for hydroxylation is 1. The Labute approximate surface area is 160 Å². The molecule has 2 aromatic rings. The van der Waals surface area contributed by atoms with Crippen LogP contribution in [-0.4, -0.2) is 27.0 Å². The van der Waals surface area contributed by atoms with Gasteiger partial charge < -0.3 is 4.42 Å². The van der Waals surface area contributed by atoms with Gasteiger partial charge in [0.25, 0.3) is 16.8 Å². The fourth-order valence-electron chi connectivity index (χ4n) is 2.74. The van der Waals surface area contributed by atoms with E-state index in [0.29, 0.717) is 28.4 Å². The molecule has 0 saturated carbocycles. The van der Waals surface area contributed by atoms with E-state index in [0.717, 1.165) is 17.3 Å². The van der Waals surface area contributed by atoms with E-state index >= 15 is 0 Å². The van der Waals surface area contributed by atoms with Crippen LogP contribution in [0.1, 0.15) is 31.6 Å². The lowest BCUT2D eigenvalue weighted by atomic mass is 10.1. The highest BCUT2D eigenvalue weighted by atomic mass is 32.2. The average molecular weight is 386 g/mol. The summed E-state index contributed by atoms with van der Waals surface area (Å²) >= 11 is 0.884. The molecule has 1 fully saturated rings. The summed E-state index contributed by atoms with van der Waals surface area (Å²) in [5.41, 5.74) is 1.42. The highest BCUT2D eigenvalue weighted by molar-refractivity contribution is 8.18. The van der Waals surface area contributed by atoms with Gasteiger partial charge >= 0.3 is 0 Å². The summed E-state index contributed by atoms with van der Waals surface area (Å²) in [6, 6.07) is 7.75. The Balaban J connectivity index is 1.90. The lowest BCUT2D eigenvalue weighted by Crippen LogP contribution is -2.36. The van der Waals surface area contributed by atoms with Gasteiger partial charge in [-0.2, -0.15) is 0 Å².